The van der Waals surface area contributed by atoms with E-state index in [-0.39, 0.29) is 5.78 Å². The van der Waals surface area contributed by atoms with Gasteiger partial charge in [-0.3, -0.25) is 14.8 Å². The number of ketones is 1. The van der Waals surface area contributed by atoms with Crippen LogP contribution < -0.4 is 0 Å². The van der Waals surface area contributed by atoms with Gasteiger partial charge in [0.1, 0.15) is 5.69 Å². The zero-order valence-corrected chi connectivity index (χ0v) is 9.04. The van der Waals surface area contributed by atoms with Gasteiger partial charge in [0.2, 0.25) is 5.78 Å². The third-order valence-electron chi connectivity index (χ3n) is 2.78. The summed E-state index contributed by atoms with van der Waals surface area (Å²) < 4.78 is 5.35. The van der Waals surface area contributed by atoms with E-state index in [1.165, 1.54) is 0 Å². The monoisotopic (exact) mass is 226 g/mol. The maximum Gasteiger partial charge on any atom is 0.221 e. The van der Waals surface area contributed by atoms with Gasteiger partial charge in [0.25, 0.3) is 0 Å². The molecule has 4 heteroatoms. The molecular formula is C13H10N2O2. The van der Waals surface area contributed by atoms with Crippen LogP contribution in [0.3, 0.4) is 0 Å². The molecule has 2 aromatic rings. The first kappa shape index (κ1) is 10.1. The van der Waals surface area contributed by atoms with Crippen molar-refractivity contribution < 1.29 is 9.53 Å². The molecule has 84 valence electrons. The number of pyridine rings is 2. The summed E-state index contributed by atoms with van der Waals surface area (Å²) in [6.07, 6.45) is 3.26. The molecule has 1 aliphatic heterocycles. The van der Waals surface area contributed by atoms with Gasteiger partial charge >= 0.3 is 0 Å². The second-order valence-electron chi connectivity index (χ2n) is 3.87. The van der Waals surface area contributed by atoms with Crippen LogP contribution >= 0.6 is 0 Å². The molecule has 0 bridgehead atoms. The van der Waals surface area contributed by atoms with Crippen LogP contribution in [-0.2, 0) is 10.3 Å². The topological polar surface area (TPSA) is 55.4 Å². The molecule has 0 aromatic carbocycles. The summed E-state index contributed by atoms with van der Waals surface area (Å²) in [4.78, 5) is 20.5. The summed E-state index contributed by atoms with van der Waals surface area (Å²) in [6, 6.07) is 10.7. The number of Topliss-reactive ketones (excluding diaryl/α,β-unsaturated/α-hetero) is 1. The predicted octanol–water partition coefficient (Wildman–Crippen LogP) is 1.58. The van der Waals surface area contributed by atoms with Crippen LogP contribution in [0.25, 0.3) is 0 Å². The third kappa shape index (κ3) is 1.62. The first-order chi connectivity index (χ1) is 8.33. The van der Waals surface area contributed by atoms with Gasteiger partial charge in [-0.15, -0.1) is 0 Å². The van der Waals surface area contributed by atoms with Crippen molar-refractivity contribution in [1.29, 1.82) is 0 Å². The van der Waals surface area contributed by atoms with Gasteiger partial charge in [-0.25, -0.2) is 0 Å². The lowest BCUT2D eigenvalue weighted by molar-refractivity contribution is 0.0861. The standard InChI is InChI=1S/C13H10N2O2/c16-12(10-5-1-3-7-14-10)13(9-17-13)11-6-2-4-8-15-11/h1-8H,9H2. The van der Waals surface area contributed by atoms with Crippen molar-refractivity contribution in [2.45, 2.75) is 5.60 Å². The average molecular weight is 226 g/mol. The largest absolute Gasteiger partial charge is 0.354 e. The van der Waals surface area contributed by atoms with Crippen molar-refractivity contribution in [2.75, 3.05) is 6.61 Å². The van der Waals surface area contributed by atoms with Crippen molar-refractivity contribution in [3.63, 3.8) is 0 Å². The molecule has 0 radical (unpaired) electrons. The van der Waals surface area contributed by atoms with Gasteiger partial charge in [-0.1, -0.05) is 12.1 Å². The number of rotatable bonds is 3. The lowest BCUT2D eigenvalue weighted by Crippen LogP contribution is -2.24. The molecule has 1 saturated heterocycles. The second kappa shape index (κ2) is 3.75. The Labute approximate surface area is 98.3 Å². The van der Waals surface area contributed by atoms with Gasteiger partial charge < -0.3 is 4.74 Å². The molecule has 3 heterocycles. The van der Waals surface area contributed by atoms with E-state index in [0.717, 1.165) is 0 Å². The molecule has 0 aliphatic carbocycles. The summed E-state index contributed by atoms with van der Waals surface area (Å²) in [5, 5.41) is 0. The molecule has 4 nitrogen and oxygen atoms in total. The van der Waals surface area contributed by atoms with Crippen LogP contribution in [0, 0.1) is 0 Å². The summed E-state index contributed by atoms with van der Waals surface area (Å²) in [6.45, 7) is 0.374. The Balaban J connectivity index is 1.98. The minimum absolute atomic E-state index is 0.128. The van der Waals surface area contributed by atoms with Gasteiger partial charge in [0, 0.05) is 12.4 Å². The lowest BCUT2D eigenvalue weighted by Gasteiger charge is -2.08. The van der Waals surface area contributed by atoms with E-state index in [4.69, 9.17) is 4.74 Å². The van der Waals surface area contributed by atoms with Crippen LogP contribution in [-0.4, -0.2) is 22.4 Å². The molecule has 1 unspecified atom stereocenters. The van der Waals surface area contributed by atoms with Crippen molar-refractivity contribution in [3.8, 4) is 0 Å². The Morgan fingerprint density at radius 3 is 2.35 bits per heavy atom. The van der Waals surface area contributed by atoms with Gasteiger partial charge in [0.05, 0.1) is 12.3 Å². The van der Waals surface area contributed by atoms with E-state index in [1.54, 1.807) is 36.7 Å². The quantitative estimate of drug-likeness (QED) is 0.589. The fourth-order valence-corrected chi connectivity index (χ4v) is 1.77. The average Bonchev–Trinajstić information content (AvgIpc) is 3.21. The molecule has 1 aliphatic rings. The molecule has 3 rings (SSSR count). The minimum atomic E-state index is -0.907. The number of hydrogen-bond acceptors (Lipinski definition) is 4. The number of hydrogen-bond donors (Lipinski definition) is 0. The van der Waals surface area contributed by atoms with E-state index in [1.807, 2.05) is 12.1 Å². The Morgan fingerprint density at radius 2 is 1.82 bits per heavy atom. The molecule has 0 N–H and O–H groups in total. The SMILES string of the molecule is O=C(c1ccccn1)C1(c2ccccn2)CO1. The zero-order valence-electron chi connectivity index (χ0n) is 9.04. The number of carbonyl (C=O) groups excluding carboxylic acids is 1. The maximum absolute atomic E-state index is 12.3. The Bertz CT molecular complexity index is 536. The smallest absolute Gasteiger partial charge is 0.221 e. The summed E-state index contributed by atoms with van der Waals surface area (Å²) in [7, 11) is 0. The van der Waals surface area contributed by atoms with Crippen molar-refractivity contribution in [1.82, 2.24) is 9.97 Å². The van der Waals surface area contributed by atoms with Gasteiger partial charge in [-0.05, 0) is 24.3 Å². The Kier molecular flexibility index (Phi) is 2.23. The molecule has 0 amide bonds. The normalized spacial score (nSPS) is 22.1. The van der Waals surface area contributed by atoms with Crippen LogP contribution in [0.1, 0.15) is 16.2 Å². The Morgan fingerprint density at radius 1 is 1.12 bits per heavy atom. The van der Waals surface area contributed by atoms with Crippen molar-refractivity contribution in [3.05, 3.63) is 60.2 Å². The third-order valence-corrected chi connectivity index (χ3v) is 2.78. The van der Waals surface area contributed by atoms with Crippen LogP contribution in [0.15, 0.2) is 48.8 Å². The van der Waals surface area contributed by atoms with E-state index in [0.29, 0.717) is 18.0 Å². The van der Waals surface area contributed by atoms with Crippen LogP contribution in [0.4, 0.5) is 0 Å². The lowest BCUT2D eigenvalue weighted by atomic mass is 9.98. The fraction of sp³-hybridized carbons (Fsp3) is 0.154. The molecule has 17 heavy (non-hydrogen) atoms. The van der Waals surface area contributed by atoms with E-state index in [9.17, 15) is 4.79 Å². The van der Waals surface area contributed by atoms with E-state index < -0.39 is 5.60 Å². The van der Waals surface area contributed by atoms with Gasteiger partial charge in [-0.2, -0.15) is 0 Å². The van der Waals surface area contributed by atoms with E-state index in [2.05, 4.69) is 9.97 Å². The molecule has 2 aromatic heterocycles. The summed E-state index contributed by atoms with van der Waals surface area (Å²) in [5.41, 5.74) is 0.154. The first-order valence-electron chi connectivity index (χ1n) is 5.34. The predicted molar refractivity (Wildman–Crippen MR) is 60.4 cm³/mol. The zero-order chi connectivity index (χ0) is 11.7. The number of carbonyl (C=O) groups is 1. The van der Waals surface area contributed by atoms with Crippen LogP contribution in [0.5, 0.6) is 0 Å². The molecule has 0 spiro atoms. The highest BCUT2D eigenvalue weighted by molar-refractivity contribution is 6.02. The molecule has 0 saturated carbocycles. The fourth-order valence-electron chi connectivity index (χ4n) is 1.77. The highest BCUT2D eigenvalue weighted by Gasteiger charge is 2.55. The number of ether oxygens (including phenoxy) is 1. The molecular weight excluding hydrogens is 216 g/mol. The summed E-state index contributed by atoms with van der Waals surface area (Å²) >= 11 is 0. The minimum Gasteiger partial charge on any atom is -0.354 e. The van der Waals surface area contributed by atoms with Gasteiger partial charge in [0.15, 0.2) is 5.60 Å². The van der Waals surface area contributed by atoms with E-state index >= 15 is 0 Å². The molecule has 1 fully saturated rings. The molecule has 1 atom stereocenters. The number of nitrogens with zero attached hydrogens (tertiary/aromatic N) is 2. The first-order valence-corrected chi connectivity index (χ1v) is 5.34. The second-order valence-corrected chi connectivity index (χ2v) is 3.87. The summed E-state index contributed by atoms with van der Waals surface area (Å²) in [5.74, 6) is -0.128. The van der Waals surface area contributed by atoms with Crippen molar-refractivity contribution in [2.24, 2.45) is 0 Å². The highest BCUT2D eigenvalue weighted by atomic mass is 16.6. The highest BCUT2D eigenvalue weighted by Crippen LogP contribution is 2.40. The maximum atomic E-state index is 12.3. The van der Waals surface area contributed by atoms with Crippen molar-refractivity contribution >= 4 is 5.78 Å². The Hall–Kier alpha value is -2.07. The van der Waals surface area contributed by atoms with Crippen LogP contribution in [0.2, 0.25) is 0 Å². The number of aromatic nitrogens is 2. The number of epoxide rings is 1.